The van der Waals surface area contributed by atoms with E-state index in [2.05, 4.69) is 16.4 Å². The first-order chi connectivity index (χ1) is 21.4. The molecule has 0 N–H and O–H groups in total. The minimum Gasteiger partial charge on any atom is -0.271 e. The summed E-state index contributed by atoms with van der Waals surface area (Å²) in [4.78, 5) is 52.1. The number of anilines is 1. The van der Waals surface area contributed by atoms with Crippen LogP contribution in [0.25, 0.3) is 6.08 Å². The number of non-ortho nitro benzene ring substituents is 1. The highest BCUT2D eigenvalue weighted by molar-refractivity contribution is 6.25. The van der Waals surface area contributed by atoms with E-state index in [-0.39, 0.29) is 35.8 Å². The highest BCUT2D eigenvalue weighted by atomic mass is 16.6. The van der Waals surface area contributed by atoms with Gasteiger partial charge in [-0.05, 0) is 54.2 Å². The van der Waals surface area contributed by atoms with Crippen molar-refractivity contribution in [3.05, 3.63) is 112 Å². The first kappa shape index (κ1) is 27.3. The molecule has 4 unspecified atom stereocenters. The zero-order valence-corrected chi connectivity index (χ0v) is 23.5. The summed E-state index contributed by atoms with van der Waals surface area (Å²) in [5.41, 5.74) is 4.04. The molecule has 0 aromatic heterocycles. The van der Waals surface area contributed by atoms with Crippen molar-refractivity contribution in [2.24, 2.45) is 21.4 Å². The fourth-order valence-electron chi connectivity index (χ4n) is 6.48. The van der Waals surface area contributed by atoms with E-state index in [1.165, 1.54) is 34.3 Å². The molecular weight excluding hydrogens is 562 g/mol. The van der Waals surface area contributed by atoms with Gasteiger partial charge in [0.05, 0.1) is 22.4 Å². The number of carbonyl (C=O) groups is 3. The van der Waals surface area contributed by atoms with Crippen LogP contribution in [0.15, 0.2) is 106 Å². The van der Waals surface area contributed by atoms with Crippen molar-refractivity contribution >= 4 is 40.9 Å². The summed E-state index contributed by atoms with van der Waals surface area (Å²) >= 11 is 0. The van der Waals surface area contributed by atoms with Gasteiger partial charge in [0.15, 0.2) is 12.1 Å². The molecule has 3 heterocycles. The van der Waals surface area contributed by atoms with Gasteiger partial charge in [0.25, 0.3) is 23.4 Å². The molecule has 44 heavy (non-hydrogen) atoms. The van der Waals surface area contributed by atoms with Gasteiger partial charge in [-0.1, -0.05) is 65.9 Å². The van der Waals surface area contributed by atoms with Gasteiger partial charge in [0, 0.05) is 18.1 Å². The van der Waals surface area contributed by atoms with E-state index in [1.807, 2.05) is 60.7 Å². The molecule has 12 nitrogen and oxygen atoms in total. The minimum absolute atomic E-state index is 0.00494. The number of hydrogen-bond donors (Lipinski definition) is 0. The quantitative estimate of drug-likeness (QED) is 0.232. The first-order valence-electron chi connectivity index (χ1n) is 14.4. The van der Waals surface area contributed by atoms with Crippen molar-refractivity contribution in [2.75, 3.05) is 11.4 Å². The molecule has 1 aliphatic carbocycles. The molecule has 1 saturated heterocycles. The molecule has 3 amide bonds. The van der Waals surface area contributed by atoms with E-state index in [1.54, 1.807) is 0 Å². The maximum Gasteiger partial charge on any atom is 0.269 e. The number of imide groups is 1. The van der Waals surface area contributed by atoms with Crippen LogP contribution < -0.4 is 4.90 Å². The summed E-state index contributed by atoms with van der Waals surface area (Å²) in [5, 5.41) is 26.8. The average Bonchev–Trinajstić information content (AvgIpc) is 3.71. The van der Waals surface area contributed by atoms with Crippen LogP contribution in [-0.4, -0.2) is 57.0 Å². The number of nitrogens with zero attached hydrogens (tertiary/aromatic N) is 7. The van der Waals surface area contributed by atoms with Crippen LogP contribution in [0.4, 0.5) is 11.4 Å². The molecule has 12 heteroatoms. The Hall–Kier alpha value is -5.52. The average molecular weight is 590 g/mol. The van der Waals surface area contributed by atoms with Crippen molar-refractivity contribution in [3.63, 3.8) is 0 Å². The van der Waals surface area contributed by atoms with Crippen molar-refractivity contribution in [3.8, 4) is 0 Å². The summed E-state index contributed by atoms with van der Waals surface area (Å²) in [6.45, 7) is -0.303. The van der Waals surface area contributed by atoms with Crippen molar-refractivity contribution in [1.29, 1.82) is 0 Å². The van der Waals surface area contributed by atoms with Crippen LogP contribution in [0.1, 0.15) is 36.4 Å². The standard InChI is InChI=1S/C32H27N7O5/c40-26(19-36-30-28(33-35-36)31(41)37(32(30)42)23-14-16-24(17-15-23)39(43)44)38-29(21-10-5-2-6-11-21)25-13-7-12-22(27(25)34-38)18-20-8-3-1-4-9-20/h1-6,8-11,14-18,25,28-30H,7,12-13,19H2. The lowest BCUT2D eigenvalue weighted by atomic mass is 9.77. The molecule has 3 aromatic carbocycles. The maximum atomic E-state index is 14.0. The molecule has 220 valence electrons. The number of hydrazone groups is 1. The van der Waals surface area contributed by atoms with E-state index in [0.717, 1.165) is 46.6 Å². The Labute approximate surface area is 252 Å². The SMILES string of the molecule is O=C1C2N=NN(CC(=O)N3N=C4C(=Cc5ccccc5)CCCC4C3c3ccccc3)C2C(=O)N1c1ccc([N+](=O)[O-])cc1. The van der Waals surface area contributed by atoms with E-state index < -0.39 is 28.8 Å². The molecular formula is C32H27N7O5. The van der Waals surface area contributed by atoms with Crippen LogP contribution in [0.5, 0.6) is 0 Å². The monoisotopic (exact) mass is 589 g/mol. The lowest BCUT2D eigenvalue weighted by Gasteiger charge is -2.30. The Morgan fingerprint density at radius 1 is 0.932 bits per heavy atom. The number of hydrogen-bond acceptors (Lipinski definition) is 9. The van der Waals surface area contributed by atoms with Crippen LogP contribution in [0, 0.1) is 16.0 Å². The second kappa shape index (κ2) is 11.0. The van der Waals surface area contributed by atoms with Gasteiger partial charge in [-0.25, -0.2) is 9.91 Å². The highest BCUT2D eigenvalue weighted by Gasteiger charge is 2.55. The number of fused-ring (bicyclic) bond motifs is 2. The van der Waals surface area contributed by atoms with Crippen molar-refractivity contribution < 1.29 is 19.3 Å². The number of nitro benzene ring substituents is 1. The number of allylic oxidation sites excluding steroid dienone is 1. The van der Waals surface area contributed by atoms with Crippen molar-refractivity contribution in [1.82, 2.24) is 10.0 Å². The number of benzene rings is 3. The lowest BCUT2D eigenvalue weighted by molar-refractivity contribution is -0.384. The molecule has 3 aliphatic heterocycles. The second-order valence-corrected chi connectivity index (χ2v) is 11.1. The van der Waals surface area contributed by atoms with Crippen LogP contribution in [0.3, 0.4) is 0 Å². The predicted molar refractivity (Wildman–Crippen MR) is 160 cm³/mol. The van der Waals surface area contributed by atoms with E-state index in [4.69, 9.17) is 5.10 Å². The second-order valence-electron chi connectivity index (χ2n) is 11.1. The Morgan fingerprint density at radius 3 is 2.34 bits per heavy atom. The lowest BCUT2D eigenvalue weighted by Crippen LogP contribution is -2.45. The Kier molecular flexibility index (Phi) is 6.80. The fraction of sp³-hybridized carbons (Fsp3) is 0.250. The van der Waals surface area contributed by atoms with Gasteiger partial charge in [0.2, 0.25) is 0 Å². The van der Waals surface area contributed by atoms with Gasteiger partial charge in [0.1, 0.15) is 6.54 Å². The van der Waals surface area contributed by atoms with Gasteiger partial charge in [-0.3, -0.25) is 29.5 Å². The minimum atomic E-state index is -1.11. The normalized spacial score (nSPS) is 25.0. The first-order valence-corrected chi connectivity index (χ1v) is 14.4. The van der Waals surface area contributed by atoms with Crippen LogP contribution in [-0.2, 0) is 14.4 Å². The molecule has 1 saturated carbocycles. The van der Waals surface area contributed by atoms with Crippen molar-refractivity contribution in [2.45, 2.75) is 37.4 Å². The van der Waals surface area contributed by atoms with Gasteiger partial charge < -0.3 is 0 Å². The largest absolute Gasteiger partial charge is 0.271 e. The summed E-state index contributed by atoms with van der Waals surface area (Å²) in [7, 11) is 0. The Balaban J connectivity index is 1.16. The van der Waals surface area contributed by atoms with E-state index >= 15 is 0 Å². The molecule has 3 aromatic rings. The molecule has 0 radical (unpaired) electrons. The maximum absolute atomic E-state index is 14.0. The molecule has 4 atom stereocenters. The number of amides is 3. The zero-order valence-electron chi connectivity index (χ0n) is 23.5. The molecule has 0 spiro atoms. The zero-order chi connectivity index (χ0) is 30.4. The summed E-state index contributed by atoms with van der Waals surface area (Å²) in [5.74, 6) is -1.56. The third-order valence-corrected chi connectivity index (χ3v) is 8.51. The Morgan fingerprint density at radius 2 is 1.64 bits per heavy atom. The third kappa shape index (κ3) is 4.64. The Bertz CT molecular complexity index is 1740. The van der Waals surface area contributed by atoms with Gasteiger partial charge >= 0.3 is 0 Å². The molecule has 7 rings (SSSR count). The van der Waals surface area contributed by atoms with Crippen LogP contribution in [0.2, 0.25) is 0 Å². The highest BCUT2D eigenvalue weighted by Crippen LogP contribution is 2.44. The summed E-state index contributed by atoms with van der Waals surface area (Å²) in [6, 6.07) is 22.4. The summed E-state index contributed by atoms with van der Waals surface area (Å²) < 4.78 is 0. The van der Waals surface area contributed by atoms with Gasteiger partial charge in [-0.2, -0.15) is 10.2 Å². The van der Waals surface area contributed by atoms with Gasteiger partial charge in [-0.15, -0.1) is 0 Å². The van der Waals surface area contributed by atoms with Crippen LogP contribution >= 0.6 is 0 Å². The smallest absolute Gasteiger partial charge is 0.269 e. The number of nitro groups is 1. The van der Waals surface area contributed by atoms with E-state index in [0.29, 0.717) is 0 Å². The number of carbonyl (C=O) groups excluding carboxylic acids is 3. The van der Waals surface area contributed by atoms with E-state index in [9.17, 15) is 24.5 Å². The third-order valence-electron chi connectivity index (χ3n) is 8.51. The predicted octanol–water partition coefficient (Wildman–Crippen LogP) is 4.71. The topological polar surface area (TPSA) is 141 Å². The molecule has 4 aliphatic rings. The number of rotatable bonds is 6. The molecule has 2 fully saturated rings. The summed E-state index contributed by atoms with van der Waals surface area (Å²) in [6.07, 6.45) is 4.83. The molecule has 0 bridgehead atoms. The fourth-order valence-corrected chi connectivity index (χ4v) is 6.48.